The number of rotatable bonds is 9. The van der Waals surface area contributed by atoms with Gasteiger partial charge in [0.1, 0.15) is 5.69 Å². The first-order chi connectivity index (χ1) is 11.0. The van der Waals surface area contributed by atoms with Gasteiger partial charge in [-0.3, -0.25) is 25.7 Å². The lowest BCUT2D eigenvalue weighted by molar-refractivity contribution is -0.393. The lowest BCUT2D eigenvalue weighted by atomic mass is 10.1. The summed E-state index contributed by atoms with van der Waals surface area (Å²) in [5.74, 6) is 0. The van der Waals surface area contributed by atoms with Crippen LogP contribution < -0.4 is 5.43 Å². The Balaban J connectivity index is 2.70. The number of nitrogens with one attached hydrogen (secondary N) is 1. The van der Waals surface area contributed by atoms with Crippen molar-refractivity contribution in [2.75, 3.05) is 5.43 Å². The third kappa shape index (κ3) is 6.22. The van der Waals surface area contributed by atoms with Gasteiger partial charge in [0.25, 0.3) is 5.69 Å². The SMILES string of the molecule is CCCCC(O)/C=C/C=N/Nc1ccc([N+](=O)[O-])cc1[N+](=O)[O-]. The van der Waals surface area contributed by atoms with E-state index in [4.69, 9.17) is 0 Å². The Hall–Kier alpha value is -2.81. The second-order valence-electron chi connectivity index (χ2n) is 4.70. The van der Waals surface area contributed by atoms with Crippen LogP contribution in [0.3, 0.4) is 0 Å². The molecule has 1 rings (SSSR count). The number of unbranched alkanes of at least 4 members (excludes halogenated alkanes) is 1. The molecular weight excluding hydrogens is 304 g/mol. The number of nitrogens with zero attached hydrogens (tertiary/aromatic N) is 3. The molecule has 0 amide bonds. The molecule has 0 aromatic heterocycles. The zero-order valence-electron chi connectivity index (χ0n) is 12.6. The highest BCUT2D eigenvalue weighted by Crippen LogP contribution is 2.28. The van der Waals surface area contributed by atoms with E-state index in [1.54, 1.807) is 6.08 Å². The molecule has 0 aliphatic heterocycles. The summed E-state index contributed by atoms with van der Waals surface area (Å²) in [5.41, 5.74) is 1.68. The van der Waals surface area contributed by atoms with Gasteiger partial charge < -0.3 is 5.11 Å². The standard InChI is InChI=1S/C14H18N4O5/c1-2-3-5-12(19)6-4-9-15-16-13-8-7-11(17(20)21)10-14(13)18(22)23/h4,6-10,12,16,19H,2-3,5H2,1H3/b6-4+,15-9+. The van der Waals surface area contributed by atoms with Crippen molar-refractivity contribution in [3.63, 3.8) is 0 Å². The first-order valence-corrected chi connectivity index (χ1v) is 7.02. The maximum atomic E-state index is 10.9. The summed E-state index contributed by atoms with van der Waals surface area (Å²) >= 11 is 0. The average Bonchev–Trinajstić information content (AvgIpc) is 2.52. The van der Waals surface area contributed by atoms with Crippen LogP contribution in [0, 0.1) is 20.2 Å². The third-order valence-electron chi connectivity index (χ3n) is 2.92. The molecule has 9 nitrogen and oxygen atoms in total. The maximum absolute atomic E-state index is 10.9. The van der Waals surface area contributed by atoms with Gasteiger partial charge in [0.2, 0.25) is 0 Å². The van der Waals surface area contributed by atoms with E-state index < -0.39 is 21.6 Å². The van der Waals surface area contributed by atoms with Crippen LogP contribution in [0.2, 0.25) is 0 Å². The summed E-state index contributed by atoms with van der Waals surface area (Å²) in [4.78, 5) is 20.1. The Kier molecular flexibility index (Phi) is 7.34. The van der Waals surface area contributed by atoms with Crippen molar-refractivity contribution in [1.29, 1.82) is 0 Å². The number of aliphatic hydroxyl groups excluding tert-OH is 1. The molecule has 124 valence electrons. The Bertz CT molecular complexity index is 615. The molecule has 0 aliphatic rings. The minimum Gasteiger partial charge on any atom is -0.389 e. The number of allylic oxidation sites excluding steroid dienone is 1. The lowest BCUT2D eigenvalue weighted by Gasteiger charge is -2.02. The van der Waals surface area contributed by atoms with E-state index >= 15 is 0 Å². The Morgan fingerprint density at radius 2 is 2.09 bits per heavy atom. The highest BCUT2D eigenvalue weighted by atomic mass is 16.6. The largest absolute Gasteiger partial charge is 0.389 e. The molecule has 1 atom stereocenters. The molecule has 0 spiro atoms. The molecule has 0 bridgehead atoms. The predicted molar refractivity (Wildman–Crippen MR) is 86.5 cm³/mol. The summed E-state index contributed by atoms with van der Waals surface area (Å²) in [6.45, 7) is 2.03. The minimum atomic E-state index is -0.727. The molecule has 9 heteroatoms. The summed E-state index contributed by atoms with van der Waals surface area (Å²) in [6, 6.07) is 3.23. The van der Waals surface area contributed by atoms with Gasteiger partial charge in [-0.2, -0.15) is 5.10 Å². The van der Waals surface area contributed by atoms with Crippen LogP contribution in [0.15, 0.2) is 35.5 Å². The first kappa shape index (κ1) is 18.2. The fraction of sp³-hybridized carbons (Fsp3) is 0.357. The smallest absolute Gasteiger partial charge is 0.301 e. The van der Waals surface area contributed by atoms with Crippen LogP contribution in [0.25, 0.3) is 0 Å². The molecule has 0 fully saturated rings. The van der Waals surface area contributed by atoms with Crippen molar-refractivity contribution < 1.29 is 15.0 Å². The number of non-ortho nitro benzene ring substituents is 1. The van der Waals surface area contributed by atoms with E-state index in [9.17, 15) is 25.3 Å². The number of hydrogen-bond donors (Lipinski definition) is 2. The van der Waals surface area contributed by atoms with Crippen molar-refractivity contribution in [3.8, 4) is 0 Å². The second kappa shape index (κ2) is 9.26. The van der Waals surface area contributed by atoms with Gasteiger partial charge >= 0.3 is 5.69 Å². The molecule has 0 radical (unpaired) electrons. The zero-order chi connectivity index (χ0) is 17.2. The molecule has 1 aromatic rings. The molecule has 2 N–H and O–H groups in total. The van der Waals surface area contributed by atoms with Crippen molar-refractivity contribution in [3.05, 3.63) is 50.6 Å². The zero-order valence-corrected chi connectivity index (χ0v) is 12.6. The fourth-order valence-corrected chi connectivity index (χ4v) is 1.72. The van der Waals surface area contributed by atoms with E-state index in [0.29, 0.717) is 6.42 Å². The minimum absolute atomic E-state index is 0.0387. The van der Waals surface area contributed by atoms with Crippen molar-refractivity contribution in [1.82, 2.24) is 0 Å². The van der Waals surface area contributed by atoms with Crippen LogP contribution in [0.1, 0.15) is 26.2 Å². The molecular formula is C14H18N4O5. The van der Waals surface area contributed by atoms with Crippen LogP contribution in [0.4, 0.5) is 17.1 Å². The monoisotopic (exact) mass is 322 g/mol. The lowest BCUT2D eigenvalue weighted by Crippen LogP contribution is -2.01. The topological polar surface area (TPSA) is 131 Å². The number of nitro benzene ring substituents is 2. The van der Waals surface area contributed by atoms with E-state index in [2.05, 4.69) is 10.5 Å². The van der Waals surface area contributed by atoms with Gasteiger partial charge in [0.05, 0.1) is 22.0 Å². The molecule has 1 aromatic carbocycles. The van der Waals surface area contributed by atoms with E-state index in [-0.39, 0.29) is 11.4 Å². The molecule has 0 aliphatic carbocycles. The van der Waals surface area contributed by atoms with Crippen molar-refractivity contribution in [2.24, 2.45) is 5.10 Å². The summed E-state index contributed by atoms with van der Waals surface area (Å²) in [6.07, 6.45) is 6.41. The summed E-state index contributed by atoms with van der Waals surface area (Å²) in [7, 11) is 0. The van der Waals surface area contributed by atoms with Gasteiger partial charge in [0.15, 0.2) is 0 Å². The van der Waals surface area contributed by atoms with Gasteiger partial charge in [-0.05, 0) is 18.6 Å². The summed E-state index contributed by atoms with van der Waals surface area (Å²) in [5, 5.41) is 34.9. The maximum Gasteiger partial charge on any atom is 0.301 e. The van der Waals surface area contributed by atoms with E-state index in [0.717, 1.165) is 25.0 Å². The second-order valence-corrected chi connectivity index (χ2v) is 4.70. The number of nitro groups is 2. The van der Waals surface area contributed by atoms with Crippen LogP contribution in [-0.2, 0) is 0 Å². The molecule has 0 heterocycles. The number of hydrazone groups is 1. The number of aliphatic hydroxyl groups is 1. The van der Waals surface area contributed by atoms with Gasteiger partial charge in [-0.1, -0.05) is 25.8 Å². The Morgan fingerprint density at radius 3 is 2.70 bits per heavy atom. The third-order valence-corrected chi connectivity index (χ3v) is 2.92. The predicted octanol–water partition coefficient (Wildman–Crippen LogP) is 3.01. The highest BCUT2D eigenvalue weighted by molar-refractivity contribution is 5.73. The normalized spacial score (nSPS) is 12.6. The number of hydrogen-bond acceptors (Lipinski definition) is 7. The van der Waals surface area contributed by atoms with Gasteiger partial charge in [-0.15, -0.1) is 0 Å². The van der Waals surface area contributed by atoms with E-state index in [1.165, 1.54) is 18.4 Å². The fourth-order valence-electron chi connectivity index (χ4n) is 1.72. The highest BCUT2D eigenvalue weighted by Gasteiger charge is 2.18. The van der Waals surface area contributed by atoms with Crippen LogP contribution in [0.5, 0.6) is 0 Å². The van der Waals surface area contributed by atoms with Crippen LogP contribution in [-0.4, -0.2) is 27.3 Å². The quantitative estimate of drug-likeness (QED) is 0.408. The number of anilines is 1. The van der Waals surface area contributed by atoms with Crippen molar-refractivity contribution >= 4 is 23.3 Å². The number of benzene rings is 1. The summed E-state index contributed by atoms with van der Waals surface area (Å²) < 4.78 is 0. The van der Waals surface area contributed by atoms with Crippen LogP contribution >= 0.6 is 0 Å². The van der Waals surface area contributed by atoms with Gasteiger partial charge in [-0.25, -0.2) is 0 Å². The average molecular weight is 322 g/mol. The first-order valence-electron chi connectivity index (χ1n) is 7.02. The molecule has 1 unspecified atom stereocenters. The molecule has 0 saturated heterocycles. The van der Waals surface area contributed by atoms with Gasteiger partial charge in [0, 0.05) is 12.3 Å². The van der Waals surface area contributed by atoms with Crippen molar-refractivity contribution in [2.45, 2.75) is 32.3 Å². The molecule has 0 saturated carbocycles. The Morgan fingerprint density at radius 1 is 1.35 bits per heavy atom. The Labute approximate surface area is 132 Å². The van der Waals surface area contributed by atoms with E-state index in [1.807, 2.05) is 6.92 Å². The molecule has 23 heavy (non-hydrogen) atoms.